The summed E-state index contributed by atoms with van der Waals surface area (Å²) in [6.07, 6.45) is 0. The van der Waals surface area contributed by atoms with E-state index in [1.54, 1.807) is 0 Å². The molecule has 0 unspecified atom stereocenters. The summed E-state index contributed by atoms with van der Waals surface area (Å²) in [5, 5.41) is 13.2. The maximum atomic E-state index is 7.44. The number of anilines is 3. The van der Waals surface area contributed by atoms with Gasteiger partial charge in [0, 0.05) is 49.0 Å². The molecule has 332 valence electrons. The van der Waals surface area contributed by atoms with Crippen LogP contribution in [0.2, 0.25) is 0 Å². The van der Waals surface area contributed by atoms with Gasteiger partial charge in [-0.1, -0.05) is 200 Å². The summed E-state index contributed by atoms with van der Waals surface area (Å²) < 4.78 is 22.3. The fourth-order valence-corrected chi connectivity index (χ4v) is 11.4. The van der Waals surface area contributed by atoms with Crippen molar-refractivity contribution in [2.75, 3.05) is 4.90 Å². The monoisotopic (exact) mass is 907 g/mol. The van der Waals surface area contributed by atoms with E-state index >= 15 is 0 Å². The first-order valence-electron chi connectivity index (χ1n) is 24.2. The van der Waals surface area contributed by atoms with E-state index in [-0.39, 0.29) is 0 Å². The molecular weight excluding hydrogens is 867 g/mol. The van der Waals surface area contributed by atoms with Crippen molar-refractivity contribution < 1.29 is 13.3 Å². The number of benzene rings is 12. The third-order valence-electron chi connectivity index (χ3n) is 14.7. The van der Waals surface area contributed by atoms with Crippen LogP contribution in [0.25, 0.3) is 132 Å². The topological polar surface area (TPSA) is 42.7 Å². The number of hydrogen-bond acceptors (Lipinski definition) is 4. The molecule has 0 fully saturated rings. The minimum absolute atomic E-state index is 0.762. The lowest BCUT2D eigenvalue weighted by Crippen LogP contribution is -2.10. The number of nitrogens with zero attached hydrogens (tertiary/aromatic N) is 1. The van der Waals surface area contributed by atoms with Crippen LogP contribution in [0.3, 0.4) is 0 Å². The molecule has 0 spiro atoms. The van der Waals surface area contributed by atoms with Crippen molar-refractivity contribution in [2.24, 2.45) is 0 Å². The molecule has 3 heterocycles. The first kappa shape index (κ1) is 39.6. The number of aryl methyl sites for hydroxylation is 1. The Bertz CT molecular complexity index is 4440. The lowest BCUT2D eigenvalue weighted by atomic mass is 9.95. The number of rotatable bonds is 6. The third-order valence-corrected chi connectivity index (χ3v) is 14.7. The first-order valence-corrected chi connectivity index (χ1v) is 24.2. The van der Waals surface area contributed by atoms with Gasteiger partial charge in [0.25, 0.3) is 0 Å². The van der Waals surface area contributed by atoms with Gasteiger partial charge in [-0.15, -0.1) is 0 Å². The predicted molar refractivity (Wildman–Crippen MR) is 297 cm³/mol. The van der Waals surface area contributed by atoms with Crippen LogP contribution in [0.5, 0.6) is 0 Å². The van der Waals surface area contributed by atoms with E-state index in [0.29, 0.717) is 0 Å². The van der Waals surface area contributed by atoms with E-state index in [4.69, 9.17) is 13.3 Å². The summed E-state index contributed by atoms with van der Waals surface area (Å²) in [4.78, 5) is 2.32. The SMILES string of the molecule is Cc1ccc(-c2cc3ccccc3c3c2oc2c(N(c4cccc5c4oc4c(-c6ccccc6)cc6ccccc6c45)c4cccc5c4oc4c(-c6ccccc6)cc6ccccc6c45)cccc23)cc1. The molecule has 0 radical (unpaired) electrons. The van der Waals surface area contributed by atoms with E-state index in [2.05, 4.69) is 242 Å². The molecule has 0 aliphatic carbocycles. The number of hydrogen-bond donors (Lipinski definition) is 0. The van der Waals surface area contributed by atoms with Crippen molar-refractivity contribution in [1.82, 2.24) is 0 Å². The molecular formula is C67H41NO3. The van der Waals surface area contributed by atoms with Crippen molar-refractivity contribution in [1.29, 1.82) is 0 Å². The molecule has 12 aromatic carbocycles. The molecule has 0 saturated heterocycles. The highest BCUT2D eigenvalue weighted by Gasteiger charge is 2.29. The van der Waals surface area contributed by atoms with Gasteiger partial charge in [-0.3, -0.25) is 4.90 Å². The standard InChI is InChI=1S/C67H41NO3/c1-40-33-35-43(36-34-40)55-39-46-23-10-13-26-49(46)61-52-29-16-32-58(64(52)71-67(55)61)68(56-30-14-27-50-59-47-24-11-8-21-44(47)37-53(65(59)69-62(50)56)41-17-4-2-5-18-41)57-31-15-28-51-60-48-25-12-9-22-45(48)38-54(66(60)70-63(51)57)42-19-6-3-7-20-42/h2-39H,1H3. The fourth-order valence-electron chi connectivity index (χ4n) is 11.4. The van der Waals surface area contributed by atoms with Crippen molar-refractivity contribution in [3.63, 3.8) is 0 Å². The van der Waals surface area contributed by atoms with Gasteiger partial charge in [-0.25, -0.2) is 0 Å². The molecule has 0 N–H and O–H groups in total. The van der Waals surface area contributed by atoms with Gasteiger partial charge in [0.05, 0.1) is 17.1 Å². The molecule has 15 aromatic rings. The van der Waals surface area contributed by atoms with Crippen LogP contribution >= 0.6 is 0 Å². The molecule has 71 heavy (non-hydrogen) atoms. The van der Waals surface area contributed by atoms with Crippen molar-refractivity contribution in [2.45, 2.75) is 6.92 Å². The van der Waals surface area contributed by atoms with Crippen LogP contribution in [-0.4, -0.2) is 0 Å². The summed E-state index contributed by atoms with van der Waals surface area (Å²) >= 11 is 0. The highest BCUT2D eigenvalue weighted by molar-refractivity contribution is 6.28. The zero-order chi connectivity index (χ0) is 46.7. The van der Waals surface area contributed by atoms with E-state index in [1.165, 1.54) is 5.56 Å². The normalized spacial score (nSPS) is 12.0. The molecule has 4 heteroatoms. The fraction of sp³-hybridized carbons (Fsp3) is 0.0149. The lowest BCUT2D eigenvalue weighted by molar-refractivity contribution is 0.665. The third kappa shape index (κ3) is 5.92. The van der Waals surface area contributed by atoms with Gasteiger partial charge in [0.2, 0.25) is 0 Å². The molecule has 0 saturated carbocycles. The van der Waals surface area contributed by atoms with E-state index < -0.39 is 0 Å². The van der Waals surface area contributed by atoms with E-state index in [0.717, 1.165) is 149 Å². The predicted octanol–water partition coefficient (Wildman–Crippen LogP) is 19.6. The van der Waals surface area contributed by atoms with Gasteiger partial charge < -0.3 is 13.3 Å². The zero-order valence-corrected chi connectivity index (χ0v) is 38.6. The Hall–Kier alpha value is -9.38. The van der Waals surface area contributed by atoms with Crippen molar-refractivity contribution in [3.8, 4) is 33.4 Å². The van der Waals surface area contributed by atoms with Gasteiger partial charge in [-0.2, -0.15) is 0 Å². The molecule has 0 bridgehead atoms. The summed E-state index contributed by atoms with van der Waals surface area (Å²) in [5.41, 5.74) is 15.0. The Kier molecular flexibility index (Phi) is 8.54. The second-order valence-corrected chi connectivity index (χ2v) is 18.7. The molecule has 0 atom stereocenters. The van der Waals surface area contributed by atoms with Crippen molar-refractivity contribution >= 4 is 115 Å². The van der Waals surface area contributed by atoms with Crippen LogP contribution in [0.15, 0.2) is 244 Å². The average molecular weight is 908 g/mol. The zero-order valence-electron chi connectivity index (χ0n) is 38.6. The van der Waals surface area contributed by atoms with E-state index in [1.807, 2.05) is 0 Å². The second-order valence-electron chi connectivity index (χ2n) is 18.7. The van der Waals surface area contributed by atoms with Crippen LogP contribution in [0.1, 0.15) is 5.56 Å². The minimum Gasteiger partial charge on any atom is -0.453 e. The molecule has 0 amide bonds. The lowest BCUT2D eigenvalue weighted by Gasteiger charge is -2.25. The van der Waals surface area contributed by atoms with Crippen LogP contribution in [-0.2, 0) is 0 Å². The molecule has 3 aromatic heterocycles. The Labute approximate surface area is 407 Å². The minimum atomic E-state index is 0.762. The van der Waals surface area contributed by atoms with Crippen LogP contribution < -0.4 is 4.90 Å². The molecule has 15 rings (SSSR count). The van der Waals surface area contributed by atoms with Gasteiger partial charge in [0.1, 0.15) is 16.7 Å². The number of fused-ring (bicyclic) bond motifs is 15. The quantitative estimate of drug-likeness (QED) is 0.167. The number of furan rings is 3. The molecule has 0 aliphatic heterocycles. The second kappa shape index (κ2) is 15.3. The Morgan fingerprint density at radius 1 is 0.268 bits per heavy atom. The summed E-state index contributed by atoms with van der Waals surface area (Å²) in [7, 11) is 0. The molecule has 0 aliphatic rings. The smallest absolute Gasteiger partial charge is 0.159 e. The number of para-hydroxylation sites is 3. The summed E-state index contributed by atoms with van der Waals surface area (Å²) in [5.74, 6) is 0. The van der Waals surface area contributed by atoms with Crippen LogP contribution in [0, 0.1) is 6.92 Å². The first-order chi connectivity index (χ1) is 35.1. The molecule has 4 nitrogen and oxygen atoms in total. The summed E-state index contributed by atoms with van der Waals surface area (Å²) in [6.45, 7) is 2.13. The van der Waals surface area contributed by atoms with Gasteiger partial charge in [-0.05, 0) is 92.3 Å². The van der Waals surface area contributed by atoms with E-state index in [9.17, 15) is 0 Å². The van der Waals surface area contributed by atoms with Crippen molar-refractivity contribution in [3.05, 3.63) is 236 Å². The van der Waals surface area contributed by atoms with Gasteiger partial charge in [0.15, 0.2) is 16.7 Å². The Morgan fingerprint density at radius 2 is 0.577 bits per heavy atom. The largest absolute Gasteiger partial charge is 0.453 e. The Morgan fingerprint density at radius 3 is 0.944 bits per heavy atom. The Balaban J connectivity index is 1.09. The van der Waals surface area contributed by atoms with Crippen LogP contribution in [0.4, 0.5) is 17.1 Å². The highest BCUT2D eigenvalue weighted by atomic mass is 16.3. The average Bonchev–Trinajstić information content (AvgIpc) is 4.15. The summed E-state index contributed by atoms with van der Waals surface area (Å²) in [6, 6.07) is 82.2. The maximum absolute atomic E-state index is 7.44. The highest BCUT2D eigenvalue weighted by Crippen LogP contribution is 2.53. The maximum Gasteiger partial charge on any atom is 0.159 e. The van der Waals surface area contributed by atoms with Gasteiger partial charge >= 0.3 is 0 Å².